The molecule has 2 aromatic rings. The van der Waals surface area contributed by atoms with Crippen LogP contribution in [0, 0.1) is 5.92 Å². The Morgan fingerprint density at radius 3 is 2.67 bits per heavy atom. The first-order valence-electron chi connectivity index (χ1n) is 9.22. The van der Waals surface area contributed by atoms with E-state index in [1.165, 1.54) is 0 Å². The number of hydrogen-bond donors (Lipinski definition) is 1. The summed E-state index contributed by atoms with van der Waals surface area (Å²) in [6.45, 7) is 2.85. The van der Waals surface area contributed by atoms with Gasteiger partial charge in [-0.1, -0.05) is 23.7 Å². The quantitative estimate of drug-likeness (QED) is 0.809. The highest BCUT2D eigenvalue weighted by Crippen LogP contribution is 2.43. The lowest BCUT2D eigenvalue weighted by Gasteiger charge is -2.24. The minimum Gasteiger partial charge on any atom is -0.486 e. The lowest BCUT2D eigenvalue weighted by molar-refractivity contribution is -0.128. The molecule has 0 spiro atoms. The fourth-order valence-corrected chi connectivity index (χ4v) is 3.41. The third-order valence-electron chi connectivity index (χ3n) is 4.79. The minimum absolute atomic E-state index is 0.0567. The van der Waals surface area contributed by atoms with Crippen LogP contribution in [0.4, 0.5) is 0 Å². The van der Waals surface area contributed by atoms with Crippen molar-refractivity contribution in [3.05, 3.63) is 53.1 Å². The molecular weight excluding hydrogens is 366 g/mol. The molecule has 2 atom stereocenters. The van der Waals surface area contributed by atoms with Gasteiger partial charge < -0.3 is 19.5 Å². The maximum Gasteiger partial charge on any atom is 0.261 e. The lowest BCUT2D eigenvalue weighted by atomic mass is 10.0. The summed E-state index contributed by atoms with van der Waals surface area (Å²) in [6.07, 6.45) is 1.58. The van der Waals surface area contributed by atoms with Crippen LogP contribution in [0.3, 0.4) is 0 Å². The molecule has 142 valence electrons. The summed E-state index contributed by atoms with van der Waals surface area (Å²) >= 11 is 5.98. The molecule has 6 heteroatoms. The number of fused-ring (bicyclic) bond motifs is 1. The monoisotopic (exact) mass is 387 g/mol. The maximum absolute atomic E-state index is 12.7. The number of rotatable bonds is 6. The molecule has 2 aromatic carbocycles. The zero-order valence-electron chi connectivity index (χ0n) is 15.1. The molecule has 0 aromatic heterocycles. The fourth-order valence-electron chi connectivity index (χ4n) is 3.22. The largest absolute Gasteiger partial charge is 0.486 e. The second-order valence-electron chi connectivity index (χ2n) is 6.94. The summed E-state index contributed by atoms with van der Waals surface area (Å²) in [5, 5.41) is 3.72. The summed E-state index contributed by atoms with van der Waals surface area (Å²) in [7, 11) is 0. The Morgan fingerprint density at radius 1 is 1.15 bits per heavy atom. The van der Waals surface area contributed by atoms with E-state index in [-0.39, 0.29) is 11.9 Å². The van der Waals surface area contributed by atoms with Gasteiger partial charge in [0.15, 0.2) is 17.6 Å². The van der Waals surface area contributed by atoms with Gasteiger partial charge in [0, 0.05) is 5.02 Å². The van der Waals surface area contributed by atoms with Gasteiger partial charge in [0.1, 0.15) is 19.0 Å². The Kier molecular flexibility index (Phi) is 5.12. The zero-order valence-corrected chi connectivity index (χ0v) is 15.9. The Morgan fingerprint density at radius 2 is 1.93 bits per heavy atom. The van der Waals surface area contributed by atoms with E-state index in [9.17, 15) is 4.79 Å². The number of carbonyl (C=O) groups excluding carboxylic acids is 1. The molecule has 1 heterocycles. The number of amides is 1. The third kappa shape index (κ3) is 4.30. The SMILES string of the molecule is CC(Oc1cccc(Cl)c1)C(=O)NC(c1ccc2c(c1)OCCO2)C1CC1. The van der Waals surface area contributed by atoms with Crippen LogP contribution in [0.15, 0.2) is 42.5 Å². The second kappa shape index (κ2) is 7.69. The van der Waals surface area contributed by atoms with Crippen molar-refractivity contribution in [2.45, 2.75) is 31.9 Å². The van der Waals surface area contributed by atoms with E-state index in [1.807, 2.05) is 18.2 Å². The molecule has 1 aliphatic heterocycles. The van der Waals surface area contributed by atoms with Crippen molar-refractivity contribution >= 4 is 17.5 Å². The first-order valence-corrected chi connectivity index (χ1v) is 9.60. The molecular formula is C21H22ClNO4. The number of benzene rings is 2. The molecule has 27 heavy (non-hydrogen) atoms. The molecule has 5 nitrogen and oxygen atoms in total. The van der Waals surface area contributed by atoms with Crippen molar-refractivity contribution in [3.8, 4) is 17.2 Å². The molecule has 0 saturated heterocycles. The predicted octanol–water partition coefficient (Wildman–Crippen LogP) is 4.15. The van der Waals surface area contributed by atoms with Gasteiger partial charge in [-0.2, -0.15) is 0 Å². The van der Waals surface area contributed by atoms with Gasteiger partial charge in [0.2, 0.25) is 0 Å². The highest BCUT2D eigenvalue weighted by molar-refractivity contribution is 6.30. The normalized spacial score (nSPS) is 17.7. The fraction of sp³-hybridized carbons (Fsp3) is 0.381. The van der Waals surface area contributed by atoms with E-state index in [2.05, 4.69) is 5.32 Å². The van der Waals surface area contributed by atoms with Gasteiger partial charge in [-0.3, -0.25) is 4.79 Å². The molecule has 2 aliphatic rings. The second-order valence-corrected chi connectivity index (χ2v) is 7.38. The standard InChI is InChI=1S/C21H22ClNO4/c1-13(27-17-4-2-3-16(22)12-17)21(24)23-20(14-5-6-14)15-7-8-18-19(11-15)26-10-9-25-18/h2-4,7-8,11-14,20H,5-6,9-10H2,1H3,(H,23,24). The van der Waals surface area contributed by atoms with Crippen LogP contribution in [-0.2, 0) is 4.79 Å². The van der Waals surface area contributed by atoms with Gasteiger partial charge in [-0.05, 0) is 61.6 Å². The highest BCUT2D eigenvalue weighted by atomic mass is 35.5. The summed E-state index contributed by atoms with van der Waals surface area (Å²) in [6, 6.07) is 12.9. The lowest BCUT2D eigenvalue weighted by Crippen LogP contribution is -2.39. The van der Waals surface area contributed by atoms with Crippen LogP contribution in [0.25, 0.3) is 0 Å². The van der Waals surface area contributed by atoms with Crippen LogP contribution < -0.4 is 19.5 Å². The number of ether oxygens (including phenoxy) is 3. The van der Waals surface area contributed by atoms with Crippen molar-refractivity contribution in [1.29, 1.82) is 0 Å². The summed E-state index contributed by atoms with van der Waals surface area (Å²) in [5.74, 6) is 2.36. The molecule has 0 radical (unpaired) electrons. The Labute approximate surface area is 163 Å². The van der Waals surface area contributed by atoms with E-state index in [4.69, 9.17) is 25.8 Å². The molecule has 1 fully saturated rings. The molecule has 1 aliphatic carbocycles. The van der Waals surface area contributed by atoms with Gasteiger partial charge in [-0.15, -0.1) is 0 Å². The summed E-state index contributed by atoms with van der Waals surface area (Å²) in [5.41, 5.74) is 1.03. The summed E-state index contributed by atoms with van der Waals surface area (Å²) < 4.78 is 17.0. The average molecular weight is 388 g/mol. The topological polar surface area (TPSA) is 56.8 Å². The van der Waals surface area contributed by atoms with Crippen molar-refractivity contribution in [2.24, 2.45) is 5.92 Å². The highest BCUT2D eigenvalue weighted by Gasteiger charge is 2.35. The molecule has 1 N–H and O–H groups in total. The molecule has 1 saturated carbocycles. The van der Waals surface area contributed by atoms with Crippen LogP contribution in [0.1, 0.15) is 31.4 Å². The van der Waals surface area contributed by atoms with Gasteiger partial charge in [-0.25, -0.2) is 0 Å². The zero-order chi connectivity index (χ0) is 18.8. The first kappa shape index (κ1) is 18.0. The van der Waals surface area contributed by atoms with E-state index < -0.39 is 6.10 Å². The van der Waals surface area contributed by atoms with Crippen LogP contribution in [0.2, 0.25) is 5.02 Å². The van der Waals surface area contributed by atoms with Gasteiger partial charge >= 0.3 is 0 Å². The van der Waals surface area contributed by atoms with Crippen LogP contribution in [-0.4, -0.2) is 25.2 Å². The Balaban J connectivity index is 1.46. The van der Waals surface area contributed by atoms with Crippen LogP contribution >= 0.6 is 11.6 Å². The maximum atomic E-state index is 12.7. The first-order chi connectivity index (χ1) is 13.1. The van der Waals surface area contributed by atoms with E-state index in [1.54, 1.807) is 31.2 Å². The van der Waals surface area contributed by atoms with Crippen molar-refractivity contribution in [2.75, 3.05) is 13.2 Å². The van der Waals surface area contributed by atoms with E-state index in [0.29, 0.717) is 29.9 Å². The minimum atomic E-state index is -0.623. The molecule has 1 amide bonds. The molecule has 4 rings (SSSR count). The number of carbonyl (C=O) groups is 1. The Hall–Kier alpha value is -2.40. The molecule has 0 bridgehead atoms. The average Bonchev–Trinajstić information content (AvgIpc) is 3.50. The number of hydrogen-bond acceptors (Lipinski definition) is 4. The van der Waals surface area contributed by atoms with Crippen LogP contribution in [0.5, 0.6) is 17.2 Å². The van der Waals surface area contributed by atoms with Crippen molar-refractivity contribution in [3.63, 3.8) is 0 Å². The van der Waals surface area contributed by atoms with E-state index in [0.717, 1.165) is 29.9 Å². The number of halogens is 1. The third-order valence-corrected chi connectivity index (χ3v) is 5.03. The van der Waals surface area contributed by atoms with Crippen molar-refractivity contribution in [1.82, 2.24) is 5.32 Å². The van der Waals surface area contributed by atoms with Gasteiger partial charge in [0.25, 0.3) is 5.91 Å². The van der Waals surface area contributed by atoms with Crippen molar-refractivity contribution < 1.29 is 19.0 Å². The van der Waals surface area contributed by atoms with Gasteiger partial charge in [0.05, 0.1) is 6.04 Å². The summed E-state index contributed by atoms with van der Waals surface area (Å²) in [4.78, 5) is 12.7. The smallest absolute Gasteiger partial charge is 0.261 e. The molecule has 2 unspecified atom stereocenters. The van der Waals surface area contributed by atoms with E-state index >= 15 is 0 Å². The predicted molar refractivity (Wildman–Crippen MR) is 103 cm³/mol. The number of nitrogens with one attached hydrogen (secondary N) is 1. The Bertz CT molecular complexity index is 837.